The van der Waals surface area contributed by atoms with Gasteiger partial charge in [0.1, 0.15) is 0 Å². The Kier molecular flexibility index (Phi) is 4.52. The largest absolute Gasteiger partial charge is 0.465 e. The normalized spacial score (nSPS) is 10.6. The van der Waals surface area contributed by atoms with E-state index < -0.39 is 0 Å². The van der Waals surface area contributed by atoms with Crippen molar-refractivity contribution in [3.8, 4) is 11.1 Å². The third-order valence-corrected chi connectivity index (χ3v) is 4.29. The van der Waals surface area contributed by atoms with Gasteiger partial charge in [0.15, 0.2) is 0 Å². The van der Waals surface area contributed by atoms with Gasteiger partial charge < -0.3 is 9.30 Å². The molecule has 3 rings (SSSR count). The molecule has 3 nitrogen and oxygen atoms in total. The molecule has 0 fully saturated rings. The Bertz CT molecular complexity index is 846. The van der Waals surface area contributed by atoms with Crippen molar-refractivity contribution in [3.63, 3.8) is 0 Å². The summed E-state index contributed by atoms with van der Waals surface area (Å²) in [6.45, 7) is 4.74. The fourth-order valence-electron chi connectivity index (χ4n) is 2.91. The molecule has 0 aliphatic carbocycles. The van der Waals surface area contributed by atoms with E-state index in [9.17, 15) is 4.79 Å². The van der Waals surface area contributed by atoms with Crippen molar-refractivity contribution < 1.29 is 9.53 Å². The highest BCUT2D eigenvalue weighted by molar-refractivity contribution is 5.98. The van der Waals surface area contributed by atoms with Gasteiger partial charge in [0, 0.05) is 24.0 Å². The third-order valence-electron chi connectivity index (χ3n) is 4.29. The molecule has 0 unspecified atom stereocenters. The fraction of sp³-hybridized carbons (Fsp3) is 0.190. The van der Waals surface area contributed by atoms with Crippen molar-refractivity contribution in [2.75, 3.05) is 7.11 Å². The molecule has 0 bridgehead atoms. The highest BCUT2D eigenvalue weighted by Crippen LogP contribution is 2.29. The van der Waals surface area contributed by atoms with Crippen LogP contribution in [0.25, 0.3) is 11.1 Å². The van der Waals surface area contributed by atoms with Crippen LogP contribution in [0, 0.1) is 13.8 Å². The van der Waals surface area contributed by atoms with Crippen molar-refractivity contribution in [1.29, 1.82) is 0 Å². The lowest BCUT2D eigenvalue weighted by Gasteiger charge is -2.07. The Balaban J connectivity index is 2.08. The van der Waals surface area contributed by atoms with Gasteiger partial charge in [-0.05, 0) is 25.0 Å². The molecule has 0 aliphatic rings. The number of carbonyl (C=O) groups excluding carboxylic acids is 1. The highest BCUT2D eigenvalue weighted by Gasteiger charge is 2.21. The second-order valence-electron chi connectivity index (χ2n) is 5.97. The predicted octanol–water partition coefficient (Wildman–Crippen LogP) is 4.61. The van der Waals surface area contributed by atoms with Gasteiger partial charge >= 0.3 is 5.97 Å². The second-order valence-corrected chi connectivity index (χ2v) is 5.97. The second kappa shape index (κ2) is 6.75. The summed E-state index contributed by atoms with van der Waals surface area (Å²) in [4.78, 5) is 12.3. The Hall–Kier alpha value is -2.81. The number of esters is 1. The number of hydrogen-bond donors (Lipinski definition) is 0. The molecular formula is C21H21NO2. The van der Waals surface area contributed by atoms with Gasteiger partial charge in [-0.3, -0.25) is 0 Å². The molecule has 0 amide bonds. The molecule has 0 saturated carbocycles. The summed E-state index contributed by atoms with van der Waals surface area (Å²) in [6, 6.07) is 18.4. The summed E-state index contributed by atoms with van der Waals surface area (Å²) >= 11 is 0. The minimum atomic E-state index is -0.296. The molecule has 1 aromatic heterocycles. The van der Waals surface area contributed by atoms with E-state index in [-0.39, 0.29) is 5.97 Å². The Morgan fingerprint density at radius 2 is 1.67 bits per heavy atom. The summed E-state index contributed by atoms with van der Waals surface area (Å²) in [7, 11) is 1.43. The first-order valence-corrected chi connectivity index (χ1v) is 7.99. The molecule has 122 valence electrons. The van der Waals surface area contributed by atoms with E-state index in [0.717, 1.165) is 23.4 Å². The molecular weight excluding hydrogens is 298 g/mol. The summed E-state index contributed by atoms with van der Waals surface area (Å²) in [5, 5.41) is 0. The van der Waals surface area contributed by atoms with Crippen LogP contribution in [-0.4, -0.2) is 17.6 Å². The standard InChI is InChI=1S/C21H21NO2/c1-15-9-11-18(12-10-15)19-14-22(13-17-7-5-4-6-8-17)16(2)20(19)21(23)24-3/h4-12,14H,13H2,1-3H3. The monoisotopic (exact) mass is 319 g/mol. The molecule has 2 aromatic carbocycles. The van der Waals surface area contributed by atoms with E-state index in [2.05, 4.69) is 35.8 Å². The zero-order valence-corrected chi connectivity index (χ0v) is 14.2. The zero-order valence-electron chi connectivity index (χ0n) is 14.2. The molecule has 0 aliphatic heterocycles. The minimum absolute atomic E-state index is 0.296. The SMILES string of the molecule is COC(=O)c1c(-c2ccc(C)cc2)cn(Cc2ccccc2)c1C. The molecule has 0 N–H and O–H groups in total. The van der Waals surface area contributed by atoms with Crippen LogP contribution >= 0.6 is 0 Å². The quantitative estimate of drug-likeness (QED) is 0.658. The lowest BCUT2D eigenvalue weighted by Crippen LogP contribution is -2.06. The first-order chi connectivity index (χ1) is 11.6. The van der Waals surface area contributed by atoms with E-state index in [0.29, 0.717) is 5.56 Å². The number of aryl methyl sites for hydroxylation is 1. The number of carbonyl (C=O) groups is 1. The van der Waals surface area contributed by atoms with Crippen LogP contribution in [0.3, 0.4) is 0 Å². The van der Waals surface area contributed by atoms with Crippen LogP contribution in [0.2, 0.25) is 0 Å². The predicted molar refractivity (Wildman–Crippen MR) is 96.2 cm³/mol. The number of nitrogens with zero attached hydrogens (tertiary/aromatic N) is 1. The summed E-state index contributed by atoms with van der Waals surface area (Å²) < 4.78 is 7.12. The summed E-state index contributed by atoms with van der Waals surface area (Å²) in [5.41, 5.74) is 5.88. The van der Waals surface area contributed by atoms with Gasteiger partial charge in [-0.1, -0.05) is 60.2 Å². The number of rotatable bonds is 4. The van der Waals surface area contributed by atoms with E-state index in [1.54, 1.807) is 0 Å². The molecule has 0 atom stereocenters. The highest BCUT2D eigenvalue weighted by atomic mass is 16.5. The van der Waals surface area contributed by atoms with E-state index in [1.807, 2.05) is 43.5 Å². The smallest absolute Gasteiger partial charge is 0.340 e. The van der Waals surface area contributed by atoms with Crippen molar-refractivity contribution in [2.45, 2.75) is 20.4 Å². The van der Waals surface area contributed by atoms with Gasteiger partial charge in [-0.25, -0.2) is 4.79 Å². The number of aromatic nitrogens is 1. The molecule has 3 aromatic rings. The van der Waals surface area contributed by atoms with E-state index in [4.69, 9.17) is 4.74 Å². The molecule has 0 spiro atoms. The van der Waals surface area contributed by atoms with E-state index >= 15 is 0 Å². The van der Waals surface area contributed by atoms with Crippen LogP contribution in [-0.2, 0) is 11.3 Å². The molecule has 0 saturated heterocycles. The number of methoxy groups -OCH3 is 1. The Morgan fingerprint density at radius 3 is 2.29 bits per heavy atom. The van der Waals surface area contributed by atoms with Crippen molar-refractivity contribution >= 4 is 5.97 Å². The first-order valence-electron chi connectivity index (χ1n) is 7.99. The molecule has 1 heterocycles. The average Bonchev–Trinajstić information content (AvgIpc) is 2.92. The van der Waals surface area contributed by atoms with E-state index in [1.165, 1.54) is 18.2 Å². The lowest BCUT2D eigenvalue weighted by molar-refractivity contribution is 0.0600. The van der Waals surface area contributed by atoms with Crippen LogP contribution in [0.15, 0.2) is 60.8 Å². The van der Waals surface area contributed by atoms with Crippen LogP contribution < -0.4 is 0 Å². The molecule has 24 heavy (non-hydrogen) atoms. The van der Waals surface area contributed by atoms with Gasteiger partial charge in [-0.2, -0.15) is 0 Å². The maximum atomic E-state index is 12.3. The topological polar surface area (TPSA) is 31.2 Å². The summed E-state index contributed by atoms with van der Waals surface area (Å²) in [5.74, 6) is -0.296. The Morgan fingerprint density at radius 1 is 1.00 bits per heavy atom. The minimum Gasteiger partial charge on any atom is -0.465 e. The van der Waals surface area contributed by atoms with Crippen molar-refractivity contribution in [1.82, 2.24) is 4.57 Å². The maximum absolute atomic E-state index is 12.3. The average molecular weight is 319 g/mol. The van der Waals surface area contributed by atoms with Crippen molar-refractivity contribution in [2.24, 2.45) is 0 Å². The van der Waals surface area contributed by atoms with Gasteiger partial charge in [-0.15, -0.1) is 0 Å². The third kappa shape index (κ3) is 3.11. The van der Waals surface area contributed by atoms with Crippen LogP contribution in [0.5, 0.6) is 0 Å². The fourth-order valence-corrected chi connectivity index (χ4v) is 2.91. The molecule has 0 radical (unpaired) electrons. The Labute approximate surface area is 142 Å². The maximum Gasteiger partial charge on any atom is 0.340 e. The van der Waals surface area contributed by atoms with Crippen LogP contribution in [0.4, 0.5) is 0 Å². The van der Waals surface area contributed by atoms with Crippen molar-refractivity contribution in [3.05, 3.63) is 83.2 Å². The van der Waals surface area contributed by atoms with Gasteiger partial charge in [0.05, 0.1) is 12.7 Å². The lowest BCUT2D eigenvalue weighted by atomic mass is 10.0. The number of benzene rings is 2. The zero-order chi connectivity index (χ0) is 17.1. The van der Waals surface area contributed by atoms with Gasteiger partial charge in [0.25, 0.3) is 0 Å². The number of ether oxygens (including phenoxy) is 1. The van der Waals surface area contributed by atoms with Crippen LogP contribution in [0.1, 0.15) is 27.2 Å². The number of hydrogen-bond acceptors (Lipinski definition) is 2. The summed E-state index contributed by atoms with van der Waals surface area (Å²) in [6.07, 6.45) is 2.04. The van der Waals surface area contributed by atoms with Gasteiger partial charge in [0.2, 0.25) is 0 Å². The first kappa shape index (κ1) is 16.1. The molecule has 3 heteroatoms.